The zero-order valence-electron chi connectivity index (χ0n) is 16.6. The molecule has 4 heteroatoms. The first-order chi connectivity index (χ1) is 13.5. The third-order valence-corrected chi connectivity index (χ3v) is 5.75. The predicted molar refractivity (Wildman–Crippen MR) is 117 cm³/mol. The summed E-state index contributed by atoms with van der Waals surface area (Å²) < 4.78 is 6.25. The lowest BCUT2D eigenvalue weighted by Gasteiger charge is -2.34. The van der Waals surface area contributed by atoms with Crippen molar-refractivity contribution in [2.75, 3.05) is 5.33 Å². The number of hydrogen-bond donors (Lipinski definition) is 0. The number of halogens is 1. The van der Waals surface area contributed by atoms with Gasteiger partial charge in [-0.1, -0.05) is 76.6 Å². The second kappa shape index (κ2) is 9.06. The van der Waals surface area contributed by atoms with Crippen LogP contribution in [0.1, 0.15) is 43.0 Å². The molecule has 0 saturated carbocycles. The van der Waals surface area contributed by atoms with E-state index in [1.54, 1.807) is 6.08 Å². The molecule has 0 spiro atoms. The Morgan fingerprint density at radius 3 is 2.54 bits per heavy atom. The molecule has 1 aliphatic carbocycles. The van der Waals surface area contributed by atoms with E-state index in [0.717, 1.165) is 18.2 Å². The number of fused-ring (bicyclic) bond motifs is 3. The average Bonchev–Trinajstić information content (AvgIpc) is 3.17. The van der Waals surface area contributed by atoms with Gasteiger partial charge in [-0.15, -0.1) is 6.58 Å². The molecular formula is C24H28BrNO2. The molecule has 0 aromatic heterocycles. The fourth-order valence-corrected chi connectivity index (χ4v) is 4.18. The second-order valence-electron chi connectivity index (χ2n) is 7.64. The Hall–Kier alpha value is -1.91. The first-order valence-corrected chi connectivity index (χ1v) is 10.9. The quantitative estimate of drug-likeness (QED) is 0.466. The van der Waals surface area contributed by atoms with Crippen LogP contribution in [0.5, 0.6) is 0 Å². The molecule has 28 heavy (non-hydrogen) atoms. The monoisotopic (exact) mass is 441 g/mol. The van der Waals surface area contributed by atoms with Gasteiger partial charge in [0.1, 0.15) is 5.72 Å². The average molecular weight is 442 g/mol. The van der Waals surface area contributed by atoms with E-state index >= 15 is 0 Å². The number of carbonyl (C=O) groups excluding carboxylic acids is 1. The van der Waals surface area contributed by atoms with Gasteiger partial charge in [0.25, 0.3) is 0 Å². The summed E-state index contributed by atoms with van der Waals surface area (Å²) in [7, 11) is 0. The van der Waals surface area contributed by atoms with E-state index in [4.69, 9.17) is 4.74 Å². The van der Waals surface area contributed by atoms with E-state index in [1.165, 1.54) is 16.7 Å². The van der Waals surface area contributed by atoms with Crippen LogP contribution in [0.25, 0.3) is 0 Å². The first-order valence-electron chi connectivity index (χ1n) is 9.76. The van der Waals surface area contributed by atoms with Crippen molar-refractivity contribution >= 4 is 21.8 Å². The summed E-state index contributed by atoms with van der Waals surface area (Å²) in [6.07, 6.45) is 4.05. The van der Waals surface area contributed by atoms with Crippen molar-refractivity contribution in [1.82, 2.24) is 4.90 Å². The molecule has 0 N–H and O–H groups in total. The van der Waals surface area contributed by atoms with Crippen LogP contribution in [0.2, 0.25) is 0 Å². The van der Waals surface area contributed by atoms with E-state index in [9.17, 15) is 4.79 Å². The van der Waals surface area contributed by atoms with E-state index in [1.807, 2.05) is 36.9 Å². The van der Waals surface area contributed by atoms with E-state index < -0.39 is 5.72 Å². The molecule has 2 aliphatic rings. The topological polar surface area (TPSA) is 29.5 Å². The minimum Gasteiger partial charge on any atom is -0.350 e. The van der Waals surface area contributed by atoms with Crippen LogP contribution in [-0.2, 0) is 22.4 Å². The molecule has 0 bridgehead atoms. The van der Waals surface area contributed by atoms with Gasteiger partial charge < -0.3 is 9.64 Å². The zero-order chi connectivity index (χ0) is 20.1. The van der Waals surface area contributed by atoms with E-state index in [0.29, 0.717) is 6.42 Å². The standard InChI is InChI=1S/C21H23NO2.C3H5Br/c1-21(2)22(19(23)13-12-15-8-4-3-5-9-15)20-17-11-7-6-10-16(17)14-18(20)24-21;1-2-3-4/h3-11,18,20H,12-14H2,1-2H3;2H,1,3H2/t18-,20+;/m1./s1. The van der Waals surface area contributed by atoms with Crippen LogP contribution in [0, 0.1) is 0 Å². The number of aryl methyl sites for hydroxylation is 1. The smallest absolute Gasteiger partial charge is 0.225 e. The van der Waals surface area contributed by atoms with Gasteiger partial charge in [0.2, 0.25) is 5.91 Å². The minimum absolute atomic E-state index is 0.0551. The Labute approximate surface area is 176 Å². The van der Waals surface area contributed by atoms with Gasteiger partial charge in [-0.3, -0.25) is 4.79 Å². The predicted octanol–water partition coefficient (Wildman–Crippen LogP) is 5.45. The highest BCUT2D eigenvalue weighted by atomic mass is 79.9. The molecule has 0 unspecified atom stereocenters. The summed E-state index contributed by atoms with van der Waals surface area (Å²) in [6.45, 7) is 7.45. The number of carbonyl (C=O) groups is 1. The number of hydrogen-bond acceptors (Lipinski definition) is 2. The van der Waals surface area contributed by atoms with Crippen molar-refractivity contribution in [2.45, 2.75) is 51.0 Å². The minimum atomic E-state index is -0.545. The molecular weight excluding hydrogens is 414 g/mol. The van der Waals surface area contributed by atoms with Crippen LogP contribution in [0.3, 0.4) is 0 Å². The van der Waals surface area contributed by atoms with Crippen molar-refractivity contribution in [1.29, 1.82) is 0 Å². The molecule has 1 aliphatic heterocycles. The third-order valence-electron chi connectivity index (χ3n) is 5.29. The maximum Gasteiger partial charge on any atom is 0.225 e. The molecule has 3 nitrogen and oxygen atoms in total. The largest absolute Gasteiger partial charge is 0.350 e. The SMILES string of the molecule is C=CCBr.CC1(C)O[C@@H]2Cc3ccccc3[C@@H]2N1C(=O)CCc1ccccc1. The Morgan fingerprint density at radius 2 is 1.86 bits per heavy atom. The number of benzene rings is 2. The van der Waals surface area contributed by atoms with Gasteiger partial charge in [0.15, 0.2) is 0 Å². The zero-order valence-corrected chi connectivity index (χ0v) is 18.2. The number of nitrogens with zero attached hydrogens (tertiary/aromatic N) is 1. The van der Waals surface area contributed by atoms with Crippen molar-refractivity contribution in [2.24, 2.45) is 0 Å². The summed E-state index contributed by atoms with van der Waals surface area (Å²) in [4.78, 5) is 15.0. The Bertz CT molecular complexity index is 818. The lowest BCUT2D eigenvalue weighted by Crippen LogP contribution is -2.44. The van der Waals surface area contributed by atoms with Gasteiger partial charge in [-0.25, -0.2) is 0 Å². The summed E-state index contributed by atoms with van der Waals surface area (Å²) >= 11 is 3.13. The van der Waals surface area contributed by atoms with Gasteiger partial charge >= 0.3 is 0 Å². The molecule has 148 valence electrons. The molecule has 4 rings (SSSR count). The van der Waals surface area contributed by atoms with Crippen molar-refractivity contribution < 1.29 is 9.53 Å². The lowest BCUT2D eigenvalue weighted by atomic mass is 10.0. The highest BCUT2D eigenvalue weighted by Gasteiger charge is 2.53. The molecule has 2 atom stereocenters. The summed E-state index contributed by atoms with van der Waals surface area (Å²) in [6, 6.07) is 18.7. The van der Waals surface area contributed by atoms with Gasteiger partial charge in [0.05, 0.1) is 12.1 Å². The Balaban J connectivity index is 0.000000516. The maximum absolute atomic E-state index is 13.0. The van der Waals surface area contributed by atoms with Crippen LogP contribution >= 0.6 is 15.9 Å². The third kappa shape index (κ3) is 4.39. The molecule has 1 amide bonds. The summed E-state index contributed by atoms with van der Waals surface area (Å²) in [5, 5.41) is 0.896. The van der Waals surface area contributed by atoms with E-state index in [-0.39, 0.29) is 18.1 Å². The number of amides is 1. The molecule has 2 aromatic carbocycles. The molecule has 1 fully saturated rings. The van der Waals surface area contributed by atoms with Crippen molar-refractivity contribution in [3.05, 3.63) is 83.9 Å². The van der Waals surface area contributed by atoms with Crippen LogP contribution < -0.4 is 0 Å². The highest BCUT2D eigenvalue weighted by molar-refractivity contribution is 9.09. The van der Waals surface area contributed by atoms with Crippen molar-refractivity contribution in [3.63, 3.8) is 0 Å². The molecule has 1 saturated heterocycles. The van der Waals surface area contributed by atoms with E-state index in [2.05, 4.69) is 58.9 Å². The second-order valence-corrected chi connectivity index (χ2v) is 8.29. The normalized spacial score (nSPS) is 21.3. The highest BCUT2D eigenvalue weighted by Crippen LogP contribution is 2.48. The lowest BCUT2D eigenvalue weighted by molar-refractivity contribution is -0.147. The maximum atomic E-state index is 13.0. The Morgan fingerprint density at radius 1 is 1.21 bits per heavy atom. The molecule has 1 heterocycles. The molecule has 0 radical (unpaired) electrons. The van der Waals surface area contributed by atoms with Gasteiger partial charge in [-0.05, 0) is 37.0 Å². The summed E-state index contributed by atoms with van der Waals surface area (Å²) in [5.41, 5.74) is 3.22. The van der Waals surface area contributed by atoms with Crippen LogP contribution in [0.15, 0.2) is 67.3 Å². The molecule has 2 aromatic rings. The van der Waals surface area contributed by atoms with Crippen LogP contribution in [-0.4, -0.2) is 28.0 Å². The number of alkyl halides is 1. The van der Waals surface area contributed by atoms with Gasteiger partial charge in [0, 0.05) is 18.2 Å². The number of allylic oxidation sites excluding steroid dienone is 1. The fourth-order valence-electron chi connectivity index (χ4n) is 4.18. The van der Waals surface area contributed by atoms with Crippen molar-refractivity contribution in [3.8, 4) is 0 Å². The van der Waals surface area contributed by atoms with Crippen LogP contribution in [0.4, 0.5) is 0 Å². The van der Waals surface area contributed by atoms with Gasteiger partial charge in [-0.2, -0.15) is 0 Å². The fraction of sp³-hybridized carbons (Fsp3) is 0.375. The summed E-state index contributed by atoms with van der Waals surface area (Å²) in [5.74, 6) is 0.174. The number of rotatable bonds is 4. The first kappa shape index (κ1) is 20.8. The number of ether oxygens (including phenoxy) is 1. The Kier molecular flexibility index (Phi) is 6.73.